The summed E-state index contributed by atoms with van der Waals surface area (Å²) in [6, 6.07) is 14.2. The predicted molar refractivity (Wildman–Crippen MR) is 74.7 cm³/mol. The molecule has 0 aromatic heterocycles. The fourth-order valence-corrected chi connectivity index (χ4v) is 2.84. The Morgan fingerprint density at radius 1 is 0.947 bits per heavy atom. The quantitative estimate of drug-likeness (QED) is 0.662. The maximum atomic E-state index is 9.50. The Labute approximate surface area is 112 Å². The first-order valence-electron chi connectivity index (χ1n) is 6.41. The van der Waals surface area contributed by atoms with Gasteiger partial charge in [0.1, 0.15) is 0 Å². The van der Waals surface area contributed by atoms with Crippen LogP contribution in [0.3, 0.4) is 0 Å². The van der Waals surface area contributed by atoms with E-state index in [4.69, 9.17) is 5.73 Å². The van der Waals surface area contributed by atoms with Crippen LogP contribution < -0.4 is 5.73 Å². The van der Waals surface area contributed by atoms with Crippen LogP contribution in [0.1, 0.15) is 16.7 Å². The zero-order valence-corrected chi connectivity index (χ0v) is 10.6. The SMILES string of the molecule is NC(CO)(CO)c1cccc2c1Cc1ccccc1-2. The second-order valence-electron chi connectivity index (χ2n) is 5.14. The van der Waals surface area contributed by atoms with Crippen LogP contribution in [0, 0.1) is 0 Å². The molecule has 0 radical (unpaired) electrons. The van der Waals surface area contributed by atoms with Crippen LogP contribution >= 0.6 is 0 Å². The van der Waals surface area contributed by atoms with Crippen LogP contribution in [0.15, 0.2) is 42.5 Å². The molecule has 1 aliphatic rings. The van der Waals surface area contributed by atoms with Crippen molar-refractivity contribution in [3.8, 4) is 11.1 Å². The third-order valence-corrected chi connectivity index (χ3v) is 3.95. The number of fused-ring (bicyclic) bond motifs is 3. The molecule has 1 aliphatic carbocycles. The Morgan fingerprint density at radius 2 is 1.63 bits per heavy atom. The molecule has 0 amide bonds. The van der Waals surface area contributed by atoms with Crippen molar-refractivity contribution < 1.29 is 10.2 Å². The lowest BCUT2D eigenvalue weighted by molar-refractivity contribution is 0.120. The Bertz CT molecular complexity index is 618. The molecule has 2 aromatic rings. The fourth-order valence-electron chi connectivity index (χ4n) is 2.84. The Balaban J connectivity index is 2.19. The van der Waals surface area contributed by atoms with Crippen molar-refractivity contribution in [2.45, 2.75) is 12.0 Å². The summed E-state index contributed by atoms with van der Waals surface area (Å²) in [5, 5.41) is 19.0. The van der Waals surface area contributed by atoms with E-state index in [1.807, 2.05) is 24.3 Å². The maximum absolute atomic E-state index is 9.50. The van der Waals surface area contributed by atoms with E-state index in [1.165, 1.54) is 11.1 Å². The van der Waals surface area contributed by atoms with Crippen LogP contribution in [-0.2, 0) is 12.0 Å². The molecule has 0 saturated carbocycles. The molecule has 2 aromatic carbocycles. The second kappa shape index (κ2) is 4.46. The van der Waals surface area contributed by atoms with Gasteiger partial charge in [-0.05, 0) is 34.2 Å². The molecular weight excluding hydrogens is 238 g/mol. The van der Waals surface area contributed by atoms with E-state index in [0.29, 0.717) is 0 Å². The number of hydrogen-bond donors (Lipinski definition) is 3. The van der Waals surface area contributed by atoms with Gasteiger partial charge < -0.3 is 15.9 Å². The summed E-state index contributed by atoms with van der Waals surface area (Å²) in [4.78, 5) is 0. The molecule has 0 spiro atoms. The molecule has 0 bridgehead atoms. The summed E-state index contributed by atoms with van der Waals surface area (Å²) in [5.74, 6) is 0. The summed E-state index contributed by atoms with van der Waals surface area (Å²) in [7, 11) is 0. The monoisotopic (exact) mass is 255 g/mol. The Kier molecular flexibility index (Phi) is 2.90. The lowest BCUT2D eigenvalue weighted by Crippen LogP contribution is -2.44. The van der Waals surface area contributed by atoms with Crippen molar-refractivity contribution in [1.82, 2.24) is 0 Å². The van der Waals surface area contributed by atoms with Crippen LogP contribution in [0.5, 0.6) is 0 Å². The van der Waals surface area contributed by atoms with Gasteiger partial charge in [-0.25, -0.2) is 0 Å². The van der Waals surface area contributed by atoms with Gasteiger partial charge in [0, 0.05) is 0 Å². The van der Waals surface area contributed by atoms with Crippen molar-refractivity contribution in [2.24, 2.45) is 5.73 Å². The van der Waals surface area contributed by atoms with Gasteiger partial charge in [0.25, 0.3) is 0 Å². The van der Waals surface area contributed by atoms with Crippen molar-refractivity contribution in [3.63, 3.8) is 0 Å². The molecule has 0 aliphatic heterocycles. The summed E-state index contributed by atoms with van der Waals surface area (Å²) in [6.07, 6.45) is 0.806. The van der Waals surface area contributed by atoms with Gasteiger partial charge in [-0.1, -0.05) is 42.5 Å². The molecule has 0 saturated heterocycles. The molecule has 0 fully saturated rings. The average Bonchev–Trinajstić information content (AvgIpc) is 2.85. The van der Waals surface area contributed by atoms with Crippen LogP contribution in [0.25, 0.3) is 11.1 Å². The zero-order chi connectivity index (χ0) is 13.5. The molecule has 98 valence electrons. The molecular formula is C16H17NO2. The third kappa shape index (κ3) is 1.78. The third-order valence-electron chi connectivity index (χ3n) is 3.95. The van der Waals surface area contributed by atoms with Crippen molar-refractivity contribution in [1.29, 1.82) is 0 Å². The van der Waals surface area contributed by atoms with Crippen molar-refractivity contribution in [2.75, 3.05) is 13.2 Å². The van der Waals surface area contributed by atoms with Crippen LogP contribution in [0.4, 0.5) is 0 Å². The lowest BCUT2D eigenvalue weighted by atomic mass is 9.86. The Morgan fingerprint density at radius 3 is 2.37 bits per heavy atom. The molecule has 19 heavy (non-hydrogen) atoms. The van der Waals surface area contributed by atoms with Crippen molar-refractivity contribution >= 4 is 0 Å². The van der Waals surface area contributed by atoms with Gasteiger partial charge in [-0.15, -0.1) is 0 Å². The first-order valence-corrected chi connectivity index (χ1v) is 6.41. The predicted octanol–water partition coefficient (Wildman–Crippen LogP) is 1.40. The number of benzene rings is 2. The largest absolute Gasteiger partial charge is 0.394 e. The molecule has 3 rings (SSSR count). The van der Waals surface area contributed by atoms with Gasteiger partial charge in [-0.3, -0.25) is 0 Å². The lowest BCUT2D eigenvalue weighted by Gasteiger charge is -2.27. The first-order chi connectivity index (χ1) is 9.19. The topological polar surface area (TPSA) is 66.5 Å². The van der Waals surface area contributed by atoms with Crippen LogP contribution in [-0.4, -0.2) is 23.4 Å². The highest BCUT2D eigenvalue weighted by Crippen LogP contribution is 2.40. The maximum Gasteiger partial charge on any atom is 0.0881 e. The number of aliphatic hydroxyl groups is 2. The fraction of sp³-hybridized carbons (Fsp3) is 0.250. The number of rotatable bonds is 3. The van der Waals surface area contributed by atoms with E-state index in [-0.39, 0.29) is 13.2 Å². The van der Waals surface area contributed by atoms with E-state index in [1.54, 1.807) is 0 Å². The Hall–Kier alpha value is -1.68. The van der Waals surface area contributed by atoms with Gasteiger partial charge in [0.05, 0.1) is 18.8 Å². The van der Waals surface area contributed by atoms with Crippen molar-refractivity contribution in [3.05, 3.63) is 59.2 Å². The minimum Gasteiger partial charge on any atom is -0.394 e. The molecule has 4 N–H and O–H groups in total. The number of nitrogens with two attached hydrogens (primary N) is 1. The molecule has 0 atom stereocenters. The summed E-state index contributed by atoms with van der Waals surface area (Å²) in [5.41, 5.74) is 10.7. The highest BCUT2D eigenvalue weighted by atomic mass is 16.3. The smallest absolute Gasteiger partial charge is 0.0881 e. The highest BCUT2D eigenvalue weighted by molar-refractivity contribution is 5.78. The second-order valence-corrected chi connectivity index (χ2v) is 5.14. The molecule has 3 heteroatoms. The zero-order valence-electron chi connectivity index (χ0n) is 10.6. The van der Waals surface area contributed by atoms with Gasteiger partial charge in [0.15, 0.2) is 0 Å². The summed E-state index contributed by atoms with van der Waals surface area (Å²) < 4.78 is 0. The summed E-state index contributed by atoms with van der Waals surface area (Å²) >= 11 is 0. The van der Waals surface area contributed by atoms with Gasteiger partial charge in [-0.2, -0.15) is 0 Å². The van der Waals surface area contributed by atoms with E-state index in [2.05, 4.69) is 18.2 Å². The van der Waals surface area contributed by atoms with Gasteiger partial charge in [0.2, 0.25) is 0 Å². The van der Waals surface area contributed by atoms with E-state index >= 15 is 0 Å². The highest BCUT2D eigenvalue weighted by Gasteiger charge is 2.31. The number of aliphatic hydroxyl groups excluding tert-OH is 2. The summed E-state index contributed by atoms with van der Waals surface area (Å²) in [6.45, 7) is -0.535. The first kappa shape index (κ1) is 12.4. The molecule has 0 unspecified atom stereocenters. The normalized spacial score (nSPS) is 13.2. The van der Waals surface area contributed by atoms with Crippen LogP contribution in [0.2, 0.25) is 0 Å². The van der Waals surface area contributed by atoms with Gasteiger partial charge >= 0.3 is 0 Å². The number of hydrogen-bond acceptors (Lipinski definition) is 3. The standard InChI is InChI=1S/C16H17NO2/c17-16(9-18,10-19)15-7-3-6-13-12-5-2-1-4-11(12)8-14(13)15/h1-7,18-19H,8-10,17H2. The van der Waals surface area contributed by atoms with E-state index in [9.17, 15) is 10.2 Å². The minimum absolute atomic E-state index is 0.268. The molecule has 3 nitrogen and oxygen atoms in total. The average molecular weight is 255 g/mol. The van der Waals surface area contributed by atoms with E-state index < -0.39 is 5.54 Å². The molecule has 0 heterocycles. The van der Waals surface area contributed by atoms with E-state index in [0.717, 1.165) is 23.1 Å². The minimum atomic E-state index is -1.08.